The molecule has 0 radical (unpaired) electrons. The van der Waals surface area contributed by atoms with Gasteiger partial charge in [0.1, 0.15) is 0 Å². The fourth-order valence-electron chi connectivity index (χ4n) is 0.869. The van der Waals surface area contributed by atoms with Crippen LogP contribution in [0.1, 0.15) is 20.3 Å². The fraction of sp³-hybridized carbons (Fsp3) is 0.556. The van der Waals surface area contributed by atoms with Gasteiger partial charge in [-0.3, -0.25) is 0 Å². The first kappa shape index (κ1) is 9.44. The van der Waals surface area contributed by atoms with Crippen molar-refractivity contribution in [2.24, 2.45) is 5.92 Å². The minimum absolute atomic E-state index is 0.168. The highest BCUT2D eigenvalue weighted by Gasteiger charge is 1.93. The fourth-order valence-corrected chi connectivity index (χ4v) is 0.869. The first-order valence-electron chi connectivity index (χ1n) is 3.59. The molecular weight excluding hydrogens is 124 g/mol. The van der Waals surface area contributed by atoms with Crippen LogP contribution in [-0.2, 0) is 0 Å². The summed E-state index contributed by atoms with van der Waals surface area (Å²) in [4.78, 5) is 0. The number of hydrogen-bond donors (Lipinski definition) is 1. The summed E-state index contributed by atoms with van der Waals surface area (Å²) in [6, 6.07) is 0. The average molecular weight is 140 g/mol. The van der Waals surface area contributed by atoms with E-state index in [0.717, 1.165) is 12.0 Å². The molecular formula is C9H16O. The van der Waals surface area contributed by atoms with Gasteiger partial charge >= 0.3 is 0 Å². The summed E-state index contributed by atoms with van der Waals surface area (Å²) in [6.45, 7) is 7.85. The van der Waals surface area contributed by atoms with Gasteiger partial charge in [0.2, 0.25) is 0 Å². The van der Waals surface area contributed by atoms with E-state index in [0.29, 0.717) is 5.92 Å². The number of aliphatic hydroxyl groups excluding tert-OH is 1. The zero-order valence-electron chi connectivity index (χ0n) is 6.80. The van der Waals surface area contributed by atoms with Crippen LogP contribution in [0.3, 0.4) is 0 Å². The molecule has 0 unspecified atom stereocenters. The lowest BCUT2D eigenvalue weighted by Gasteiger charge is -2.02. The average Bonchev–Trinajstić information content (AvgIpc) is 1.88. The maximum Gasteiger partial charge on any atom is 0.0639 e. The number of aliphatic hydroxyl groups is 1. The summed E-state index contributed by atoms with van der Waals surface area (Å²) < 4.78 is 0. The quantitative estimate of drug-likeness (QED) is 0.593. The van der Waals surface area contributed by atoms with Crippen molar-refractivity contribution in [3.63, 3.8) is 0 Å². The van der Waals surface area contributed by atoms with Crippen LogP contribution in [-0.4, -0.2) is 11.7 Å². The molecule has 1 heteroatoms. The molecule has 1 N–H and O–H groups in total. The monoisotopic (exact) mass is 140 g/mol. The minimum Gasteiger partial charge on any atom is -0.392 e. The van der Waals surface area contributed by atoms with E-state index in [2.05, 4.69) is 19.6 Å². The topological polar surface area (TPSA) is 20.2 Å². The van der Waals surface area contributed by atoms with Crippen molar-refractivity contribution in [1.29, 1.82) is 0 Å². The molecule has 0 aromatic heterocycles. The molecule has 0 aromatic carbocycles. The molecule has 0 aliphatic carbocycles. The van der Waals surface area contributed by atoms with Gasteiger partial charge in [0, 0.05) is 0 Å². The zero-order chi connectivity index (χ0) is 7.98. The van der Waals surface area contributed by atoms with Crippen LogP contribution in [0.25, 0.3) is 0 Å². The maximum atomic E-state index is 8.66. The van der Waals surface area contributed by atoms with Crippen LogP contribution in [0.4, 0.5) is 0 Å². The van der Waals surface area contributed by atoms with Gasteiger partial charge in [-0.2, -0.15) is 0 Å². The SMILES string of the molecule is C=CC[C@@H](C)/C=C(/C)CO. The first-order chi connectivity index (χ1) is 4.70. The van der Waals surface area contributed by atoms with Gasteiger partial charge in [0.05, 0.1) is 6.61 Å². The van der Waals surface area contributed by atoms with Crippen molar-refractivity contribution in [1.82, 2.24) is 0 Å². The second-order valence-electron chi connectivity index (χ2n) is 2.67. The van der Waals surface area contributed by atoms with Crippen molar-refractivity contribution in [2.75, 3.05) is 6.61 Å². The molecule has 1 nitrogen and oxygen atoms in total. The van der Waals surface area contributed by atoms with Crippen LogP contribution in [0, 0.1) is 5.92 Å². The Kier molecular flexibility index (Phi) is 4.95. The Morgan fingerprint density at radius 3 is 2.70 bits per heavy atom. The van der Waals surface area contributed by atoms with Crippen LogP contribution >= 0.6 is 0 Å². The zero-order valence-corrected chi connectivity index (χ0v) is 6.80. The third kappa shape index (κ3) is 4.33. The lowest BCUT2D eigenvalue weighted by Crippen LogP contribution is -1.91. The summed E-state index contributed by atoms with van der Waals surface area (Å²) in [6.07, 6.45) is 4.95. The predicted octanol–water partition coefficient (Wildman–Crippen LogP) is 2.14. The van der Waals surface area contributed by atoms with Gasteiger partial charge in [0.15, 0.2) is 0 Å². The molecule has 0 aliphatic rings. The molecule has 0 heterocycles. The minimum atomic E-state index is 0.168. The van der Waals surface area contributed by atoms with E-state index in [-0.39, 0.29) is 6.61 Å². The molecule has 0 aliphatic heterocycles. The summed E-state index contributed by atoms with van der Waals surface area (Å²) in [5.74, 6) is 0.504. The van der Waals surface area contributed by atoms with E-state index in [1.54, 1.807) is 0 Å². The first-order valence-corrected chi connectivity index (χ1v) is 3.59. The second-order valence-corrected chi connectivity index (χ2v) is 2.67. The molecule has 0 saturated carbocycles. The number of allylic oxidation sites excluding steroid dienone is 2. The van der Waals surface area contributed by atoms with Crippen molar-refractivity contribution in [3.8, 4) is 0 Å². The molecule has 0 aromatic rings. The molecule has 10 heavy (non-hydrogen) atoms. The van der Waals surface area contributed by atoms with Gasteiger partial charge in [0.25, 0.3) is 0 Å². The Balaban J connectivity index is 3.73. The van der Waals surface area contributed by atoms with E-state index in [1.165, 1.54) is 0 Å². The van der Waals surface area contributed by atoms with Crippen molar-refractivity contribution >= 4 is 0 Å². The van der Waals surface area contributed by atoms with Gasteiger partial charge in [-0.15, -0.1) is 6.58 Å². The highest BCUT2D eigenvalue weighted by Crippen LogP contribution is 2.06. The summed E-state index contributed by atoms with van der Waals surface area (Å²) in [7, 11) is 0. The largest absolute Gasteiger partial charge is 0.392 e. The molecule has 0 fully saturated rings. The smallest absolute Gasteiger partial charge is 0.0639 e. The van der Waals surface area contributed by atoms with Crippen LogP contribution in [0.2, 0.25) is 0 Å². The van der Waals surface area contributed by atoms with E-state index >= 15 is 0 Å². The third-order valence-corrected chi connectivity index (χ3v) is 1.36. The Morgan fingerprint density at radius 2 is 2.30 bits per heavy atom. The summed E-state index contributed by atoms with van der Waals surface area (Å²) in [5, 5.41) is 8.66. The second kappa shape index (κ2) is 5.24. The Labute approximate surface area is 63.1 Å². The van der Waals surface area contributed by atoms with E-state index in [4.69, 9.17) is 5.11 Å². The lowest BCUT2D eigenvalue weighted by atomic mass is 10.1. The summed E-state index contributed by atoms with van der Waals surface area (Å²) in [5.41, 5.74) is 1.04. The standard InChI is InChI=1S/C9H16O/c1-4-5-8(2)6-9(3)7-10/h4,6,8,10H,1,5,7H2,2-3H3/b9-6-/t8-/m1/s1. The Morgan fingerprint density at radius 1 is 1.70 bits per heavy atom. The van der Waals surface area contributed by atoms with E-state index in [9.17, 15) is 0 Å². The van der Waals surface area contributed by atoms with Crippen LogP contribution in [0.5, 0.6) is 0 Å². The van der Waals surface area contributed by atoms with Crippen molar-refractivity contribution in [2.45, 2.75) is 20.3 Å². The lowest BCUT2D eigenvalue weighted by molar-refractivity contribution is 0.330. The normalized spacial score (nSPS) is 14.9. The molecule has 0 bridgehead atoms. The third-order valence-electron chi connectivity index (χ3n) is 1.36. The Bertz CT molecular complexity index is 125. The van der Waals surface area contributed by atoms with Crippen LogP contribution < -0.4 is 0 Å². The molecule has 0 amide bonds. The van der Waals surface area contributed by atoms with Crippen molar-refractivity contribution in [3.05, 3.63) is 24.3 Å². The summed E-state index contributed by atoms with van der Waals surface area (Å²) >= 11 is 0. The highest BCUT2D eigenvalue weighted by molar-refractivity contribution is 5.01. The van der Waals surface area contributed by atoms with Gasteiger partial charge < -0.3 is 5.11 Å². The Hall–Kier alpha value is -0.560. The number of hydrogen-bond acceptors (Lipinski definition) is 1. The predicted molar refractivity (Wildman–Crippen MR) is 44.8 cm³/mol. The van der Waals surface area contributed by atoms with Gasteiger partial charge in [-0.05, 0) is 19.3 Å². The molecule has 58 valence electrons. The van der Waals surface area contributed by atoms with E-state index < -0.39 is 0 Å². The van der Waals surface area contributed by atoms with Gasteiger partial charge in [-0.1, -0.05) is 24.6 Å². The molecule has 0 saturated heterocycles. The van der Waals surface area contributed by atoms with Crippen LogP contribution in [0.15, 0.2) is 24.3 Å². The number of rotatable bonds is 4. The highest BCUT2D eigenvalue weighted by atomic mass is 16.3. The molecule has 0 rings (SSSR count). The molecule has 1 atom stereocenters. The maximum absolute atomic E-state index is 8.66. The van der Waals surface area contributed by atoms with Gasteiger partial charge in [-0.25, -0.2) is 0 Å². The molecule has 0 spiro atoms. The van der Waals surface area contributed by atoms with Crippen molar-refractivity contribution < 1.29 is 5.11 Å². The van der Waals surface area contributed by atoms with E-state index in [1.807, 2.05) is 13.0 Å².